The topological polar surface area (TPSA) is 71.0 Å². The predicted octanol–water partition coefficient (Wildman–Crippen LogP) is 2.29. The van der Waals surface area contributed by atoms with Gasteiger partial charge in [-0.25, -0.2) is 4.79 Å². The molecule has 6 heteroatoms. The summed E-state index contributed by atoms with van der Waals surface area (Å²) in [6.07, 6.45) is 0. The van der Waals surface area contributed by atoms with Crippen LogP contribution in [-0.4, -0.2) is 14.0 Å². The largest absolute Gasteiger partial charge is 0.331 e. The van der Waals surface area contributed by atoms with E-state index < -0.39 is 0 Å². The number of hydrogen-bond acceptors (Lipinski definition) is 4. The second-order valence-corrected chi connectivity index (χ2v) is 7.60. The minimum Gasteiger partial charge on any atom is -0.299 e. The number of hydrogen-bond donors (Lipinski definition) is 0. The van der Waals surface area contributed by atoms with Crippen molar-refractivity contribution < 1.29 is 0 Å². The second-order valence-electron chi connectivity index (χ2n) is 7.60. The van der Waals surface area contributed by atoms with Crippen LogP contribution in [0.1, 0.15) is 33.5 Å². The smallest absolute Gasteiger partial charge is 0.299 e. The van der Waals surface area contributed by atoms with Crippen molar-refractivity contribution in [2.75, 3.05) is 0 Å². The van der Waals surface area contributed by atoms with Gasteiger partial charge in [0.05, 0.1) is 23.7 Å². The molecule has 1 aliphatic rings. The number of aromatic nitrogens is 2. The number of fused-ring (bicyclic) bond motifs is 1. The zero-order chi connectivity index (χ0) is 20.5. The minimum absolute atomic E-state index is 0.211. The molecule has 0 saturated carbocycles. The van der Waals surface area contributed by atoms with Crippen molar-refractivity contribution in [3.63, 3.8) is 0 Å². The molecule has 0 radical (unpaired) electrons. The van der Waals surface area contributed by atoms with Crippen LogP contribution in [-0.2, 0) is 33.2 Å². The van der Waals surface area contributed by atoms with Gasteiger partial charge in [-0.2, -0.15) is 5.26 Å². The van der Waals surface area contributed by atoms with E-state index in [1.165, 1.54) is 4.57 Å². The Balaban J connectivity index is 1.63. The standard InChI is InChI=1S/C23H22N4O2/c1-16-6-8-17(9-7-16)13-27-22(28)20-14-26(15-21(20)25(2)23(27)29)12-19-5-3-4-18(10-19)11-24/h3-10H,12-15H2,1-2H3. The third-order valence-electron chi connectivity index (χ3n) is 5.45. The molecule has 4 rings (SSSR count). The van der Waals surface area contributed by atoms with Crippen LogP contribution in [0, 0.1) is 18.3 Å². The first-order valence-electron chi connectivity index (χ1n) is 9.55. The van der Waals surface area contributed by atoms with Crippen molar-refractivity contribution in [3.05, 3.63) is 103 Å². The van der Waals surface area contributed by atoms with Crippen molar-refractivity contribution in [3.8, 4) is 6.07 Å². The van der Waals surface area contributed by atoms with Gasteiger partial charge >= 0.3 is 5.69 Å². The molecule has 146 valence electrons. The van der Waals surface area contributed by atoms with Crippen molar-refractivity contribution >= 4 is 0 Å². The SMILES string of the molecule is Cc1ccc(Cn2c(=O)c3c(n(C)c2=O)CN(Cc2cccc(C#N)c2)C3)cc1. The summed E-state index contributed by atoms with van der Waals surface area (Å²) >= 11 is 0. The summed E-state index contributed by atoms with van der Waals surface area (Å²) in [5.41, 5.74) is 4.65. The van der Waals surface area contributed by atoms with E-state index in [4.69, 9.17) is 5.26 Å². The van der Waals surface area contributed by atoms with Crippen molar-refractivity contribution in [2.45, 2.75) is 33.1 Å². The monoisotopic (exact) mass is 386 g/mol. The van der Waals surface area contributed by atoms with Crippen LogP contribution in [0.15, 0.2) is 58.1 Å². The first-order chi connectivity index (χ1) is 14.0. The molecule has 0 atom stereocenters. The number of rotatable bonds is 4. The molecule has 2 heterocycles. The Morgan fingerprint density at radius 3 is 2.48 bits per heavy atom. The number of benzene rings is 2. The maximum Gasteiger partial charge on any atom is 0.331 e. The molecular formula is C23H22N4O2. The molecule has 1 aliphatic heterocycles. The normalized spacial score (nSPS) is 13.3. The molecule has 2 aromatic carbocycles. The van der Waals surface area contributed by atoms with E-state index in [0.29, 0.717) is 30.8 Å². The van der Waals surface area contributed by atoms with Gasteiger partial charge < -0.3 is 0 Å². The molecule has 0 amide bonds. The van der Waals surface area contributed by atoms with Crippen molar-refractivity contribution in [1.29, 1.82) is 5.26 Å². The summed E-state index contributed by atoms with van der Waals surface area (Å²) in [6.45, 7) is 3.93. The molecule has 0 fully saturated rings. The predicted molar refractivity (Wildman–Crippen MR) is 110 cm³/mol. The van der Waals surface area contributed by atoms with Crippen LogP contribution in [0.4, 0.5) is 0 Å². The van der Waals surface area contributed by atoms with Crippen molar-refractivity contribution in [2.24, 2.45) is 7.05 Å². The zero-order valence-corrected chi connectivity index (χ0v) is 16.6. The van der Waals surface area contributed by atoms with E-state index >= 15 is 0 Å². The second kappa shape index (κ2) is 7.53. The Bertz CT molecular complexity index is 1230. The van der Waals surface area contributed by atoms with Gasteiger partial charge in [-0.05, 0) is 30.2 Å². The highest BCUT2D eigenvalue weighted by Gasteiger charge is 2.27. The fourth-order valence-electron chi connectivity index (χ4n) is 3.85. The lowest BCUT2D eigenvalue weighted by Gasteiger charge is -2.14. The van der Waals surface area contributed by atoms with Crippen LogP contribution in [0.5, 0.6) is 0 Å². The van der Waals surface area contributed by atoms with Gasteiger partial charge in [0.15, 0.2) is 0 Å². The minimum atomic E-state index is -0.289. The van der Waals surface area contributed by atoms with E-state index in [9.17, 15) is 9.59 Å². The zero-order valence-electron chi connectivity index (χ0n) is 16.6. The van der Waals surface area contributed by atoms with E-state index in [2.05, 4.69) is 11.0 Å². The summed E-state index contributed by atoms with van der Waals surface area (Å²) in [5.74, 6) is 0. The fraction of sp³-hybridized carbons (Fsp3) is 0.261. The lowest BCUT2D eigenvalue weighted by molar-refractivity contribution is 0.272. The quantitative estimate of drug-likeness (QED) is 0.690. The third-order valence-corrected chi connectivity index (χ3v) is 5.45. The molecule has 0 N–H and O–H groups in total. The Morgan fingerprint density at radius 2 is 1.76 bits per heavy atom. The summed E-state index contributed by atoms with van der Waals surface area (Å²) in [6, 6.07) is 17.5. The van der Waals surface area contributed by atoms with Gasteiger partial charge in [0, 0.05) is 32.4 Å². The average Bonchev–Trinajstić information content (AvgIpc) is 3.15. The number of nitriles is 1. The highest BCUT2D eigenvalue weighted by atomic mass is 16.2. The Hall–Kier alpha value is -3.43. The van der Waals surface area contributed by atoms with E-state index in [1.807, 2.05) is 49.4 Å². The highest BCUT2D eigenvalue weighted by molar-refractivity contribution is 5.33. The number of nitrogens with zero attached hydrogens (tertiary/aromatic N) is 4. The number of aryl methyl sites for hydroxylation is 1. The Kier molecular flexibility index (Phi) is 4.91. The summed E-state index contributed by atoms with van der Waals surface area (Å²) in [5, 5.41) is 9.09. The van der Waals surface area contributed by atoms with Gasteiger partial charge in [0.1, 0.15) is 0 Å². The van der Waals surface area contributed by atoms with E-state index in [-0.39, 0.29) is 17.8 Å². The average molecular weight is 386 g/mol. The molecule has 1 aromatic heterocycles. The van der Waals surface area contributed by atoms with Crippen LogP contribution < -0.4 is 11.2 Å². The summed E-state index contributed by atoms with van der Waals surface area (Å²) in [7, 11) is 1.73. The van der Waals surface area contributed by atoms with Gasteiger partial charge in [-0.1, -0.05) is 42.0 Å². The molecular weight excluding hydrogens is 364 g/mol. The lowest BCUT2D eigenvalue weighted by atomic mass is 10.1. The van der Waals surface area contributed by atoms with E-state index in [0.717, 1.165) is 22.4 Å². The van der Waals surface area contributed by atoms with Gasteiger partial charge in [-0.3, -0.25) is 18.8 Å². The maximum absolute atomic E-state index is 13.1. The molecule has 0 unspecified atom stereocenters. The van der Waals surface area contributed by atoms with Crippen LogP contribution in [0.3, 0.4) is 0 Å². The maximum atomic E-state index is 13.1. The lowest BCUT2D eigenvalue weighted by Crippen LogP contribution is -2.41. The van der Waals surface area contributed by atoms with Crippen LogP contribution in [0.2, 0.25) is 0 Å². The first-order valence-corrected chi connectivity index (χ1v) is 9.55. The van der Waals surface area contributed by atoms with E-state index in [1.54, 1.807) is 17.7 Å². The van der Waals surface area contributed by atoms with Gasteiger partial charge in [-0.15, -0.1) is 0 Å². The highest BCUT2D eigenvalue weighted by Crippen LogP contribution is 2.21. The van der Waals surface area contributed by atoms with Crippen molar-refractivity contribution in [1.82, 2.24) is 14.0 Å². The molecule has 0 spiro atoms. The van der Waals surface area contributed by atoms with Gasteiger partial charge in [0.2, 0.25) is 0 Å². The molecule has 29 heavy (non-hydrogen) atoms. The Labute approximate surface area is 168 Å². The fourth-order valence-corrected chi connectivity index (χ4v) is 3.85. The molecule has 6 nitrogen and oxygen atoms in total. The first kappa shape index (κ1) is 18.9. The van der Waals surface area contributed by atoms with Crippen LogP contribution in [0.25, 0.3) is 0 Å². The molecule has 3 aromatic rings. The third kappa shape index (κ3) is 3.65. The van der Waals surface area contributed by atoms with Gasteiger partial charge in [0.25, 0.3) is 5.56 Å². The molecule has 0 bridgehead atoms. The van der Waals surface area contributed by atoms with Crippen LogP contribution >= 0.6 is 0 Å². The summed E-state index contributed by atoms with van der Waals surface area (Å²) in [4.78, 5) is 28.0. The summed E-state index contributed by atoms with van der Waals surface area (Å²) < 4.78 is 2.92. The molecule has 0 aliphatic carbocycles. The Morgan fingerprint density at radius 1 is 1.00 bits per heavy atom. The molecule has 0 saturated heterocycles.